The summed E-state index contributed by atoms with van der Waals surface area (Å²) in [5.41, 5.74) is 1.89. The van der Waals surface area contributed by atoms with Crippen molar-refractivity contribution in [2.75, 3.05) is 13.2 Å². The van der Waals surface area contributed by atoms with Gasteiger partial charge in [0.25, 0.3) is 0 Å². The lowest BCUT2D eigenvalue weighted by molar-refractivity contribution is -0.136. The molecule has 1 aliphatic carbocycles. The van der Waals surface area contributed by atoms with E-state index < -0.39 is 18.8 Å². The quantitative estimate of drug-likeness (QED) is 0.514. The highest BCUT2D eigenvalue weighted by molar-refractivity contribution is 5.87. The molecule has 3 atom stereocenters. The van der Waals surface area contributed by atoms with Gasteiger partial charge in [0, 0.05) is 19.4 Å². The second kappa shape index (κ2) is 11.2. The zero-order valence-electron chi connectivity index (χ0n) is 20.3. The van der Waals surface area contributed by atoms with Crippen molar-refractivity contribution >= 4 is 11.8 Å². The lowest BCUT2D eigenvalue weighted by Crippen LogP contribution is -2.45. The molecular weight excluding hydrogens is 472 g/mol. The van der Waals surface area contributed by atoms with E-state index in [1.54, 1.807) is 37.3 Å². The summed E-state index contributed by atoms with van der Waals surface area (Å²) in [6.07, 6.45) is 1.76. The molecule has 2 fully saturated rings. The fraction of sp³-hybridized carbons (Fsp3) is 0.500. The van der Waals surface area contributed by atoms with Gasteiger partial charge in [-0.3, -0.25) is 14.6 Å². The van der Waals surface area contributed by atoms with Crippen LogP contribution >= 0.6 is 0 Å². The van der Waals surface area contributed by atoms with Crippen LogP contribution in [0.2, 0.25) is 0 Å². The lowest BCUT2D eigenvalue weighted by Gasteiger charge is -2.22. The number of nitrogens with zero attached hydrogens (tertiary/aromatic N) is 2. The molecule has 2 heterocycles. The van der Waals surface area contributed by atoms with Crippen LogP contribution in [0, 0.1) is 5.92 Å². The molecule has 0 spiro atoms. The zero-order valence-corrected chi connectivity index (χ0v) is 20.3. The number of nitrogens with one attached hydrogen (secondary N) is 1. The molecule has 10 heteroatoms. The highest BCUT2D eigenvalue weighted by Crippen LogP contribution is 2.39. The van der Waals surface area contributed by atoms with Gasteiger partial charge in [-0.2, -0.15) is 8.78 Å². The third-order valence-corrected chi connectivity index (χ3v) is 6.53. The van der Waals surface area contributed by atoms with Crippen molar-refractivity contribution in [3.63, 3.8) is 0 Å². The van der Waals surface area contributed by atoms with Crippen LogP contribution in [-0.4, -0.2) is 52.6 Å². The van der Waals surface area contributed by atoms with Crippen molar-refractivity contribution in [2.45, 2.75) is 64.3 Å². The number of aliphatic hydroxyl groups is 1. The summed E-state index contributed by atoms with van der Waals surface area (Å²) in [5.74, 6) is -0.0700. The second-order valence-electron chi connectivity index (χ2n) is 9.41. The first kappa shape index (κ1) is 25.8. The Morgan fingerprint density at radius 1 is 1.22 bits per heavy atom. The van der Waals surface area contributed by atoms with Crippen molar-refractivity contribution in [1.29, 1.82) is 0 Å². The Hall–Kier alpha value is -3.27. The Bertz CT molecular complexity index is 1090. The molecule has 2 unspecified atom stereocenters. The molecule has 2 aliphatic rings. The summed E-state index contributed by atoms with van der Waals surface area (Å²) < 4.78 is 36.1. The van der Waals surface area contributed by atoms with Crippen molar-refractivity contribution in [2.24, 2.45) is 5.92 Å². The molecule has 4 rings (SSSR count). The number of halogens is 2. The summed E-state index contributed by atoms with van der Waals surface area (Å²) in [5, 5.41) is 12.6. The summed E-state index contributed by atoms with van der Waals surface area (Å²) in [7, 11) is 0. The maximum atomic E-state index is 13.0. The minimum absolute atomic E-state index is 0.0305. The Balaban J connectivity index is 1.46. The normalized spacial score (nSPS) is 20.3. The van der Waals surface area contributed by atoms with E-state index in [0.717, 1.165) is 18.4 Å². The van der Waals surface area contributed by atoms with Crippen molar-refractivity contribution in [1.82, 2.24) is 15.2 Å². The summed E-state index contributed by atoms with van der Waals surface area (Å²) >= 11 is 0. The lowest BCUT2D eigenvalue weighted by atomic mass is 9.95. The van der Waals surface area contributed by atoms with Gasteiger partial charge in [0.15, 0.2) is 11.5 Å². The van der Waals surface area contributed by atoms with Gasteiger partial charge < -0.3 is 24.8 Å². The molecule has 2 aromatic rings. The predicted octanol–water partition coefficient (Wildman–Crippen LogP) is 3.55. The van der Waals surface area contributed by atoms with E-state index in [1.165, 1.54) is 17.9 Å². The number of carbonyl (C=O) groups excluding carboxylic acids is 2. The number of amides is 2. The first-order valence-electron chi connectivity index (χ1n) is 12.1. The summed E-state index contributed by atoms with van der Waals surface area (Å²) in [4.78, 5) is 31.2. The van der Waals surface area contributed by atoms with E-state index in [2.05, 4.69) is 15.0 Å². The van der Waals surface area contributed by atoms with Crippen molar-refractivity contribution in [3.8, 4) is 11.5 Å². The number of alkyl halides is 2. The largest absolute Gasteiger partial charge is 0.489 e. The van der Waals surface area contributed by atoms with E-state index in [1.807, 2.05) is 0 Å². The molecule has 0 bridgehead atoms. The molecule has 194 valence electrons. The summed E-state index contributed by atoms with van der Waals surface area (Å²) in [6.45, 7) is 0.971. The van der Waals surface area contributed by atoms with Crippen LogP contribution in [0.1, 0.15) is 62.1 Å². The Morgan fingerprint density at radius 3 is 2.67 bits per heavy atom. The molecule has 1 saturated carbocycles. The maximum Gasteiger partial charge on any atom is 0.387 e. The molecule has 8 nitrogen and oxygen atoms in total. The third kappa shape index (κ3) is 6.48. The monoisotopic (exact) mass is 503 g/mol. The van der Waals surface area contributed by atoms with Crippen LogP contribution < -0.4 is 14.8 Å². The number of rotatable bonds is 10. The molecule has 2 amide bonds. The van der Waals surface area contributed by atoms with Gasteiger partial charge in [0.1, 0.15) is 6.04 Å². The van der Waals surface area contributed by atoms with Gasteiger partial charge in [-0.25, -0.2) is 0 Å². The number of hydrogen-bond donors (Lipinski definition) is 2. The van der Waals surface area contributed by atoms with Crippen LogP contribution in [0.4, 0.5) is 8.78 Å². The molecule has 1 aromatic heterocycles. The number of aliphatic hydroxyl groups excluding tert-OH is 1. The fourth-order valence-electron chi connectivity index (χ4n) is 4.38. The Morgan fingerprint density at radius 2 is 2.00 bits per heavy atom. The fourth-order valence-corrected chi connectivity index (χ4v) is 4.38. The molecule has 2 N–H and O–H groups in total. The van der Waals surface area contributed by atoms with Gasteiger partial charge in [-0.1, -0.05) is 12.1 Å². The first-order valence-corrected chi connectivity index (χ1v) is 12.1. The molecular formula is C26H31F2N3O5. The molecule has 1 saturated heterocycles. The second-order valence-corrected chi connectivity index (χ2v) is 9.41. The Labute approximate surface area is 208 Å². The van der Waals surface area contributed by atoms with Crippen molar-refractivity contribution in [3.05, 3.63) is 53.3 Å². The minimum atomic E-state index is -2.97. The molecule has 0 radical (unpaired) electrons. The third-order valence-electron chi connectivity index (χ3n) is 6.53. The smallest absolute Gasteiger partial charge is 0.387 e. The SMILES string of the molecule is CC(=O)N1CC(c2ccc(OC(F)F)c(OCC3CC3)c2)C[C@@H]1C(=O)NCc1cccc(C(C)O)n1. The van der Waals surface area contributed by atoms with E-state index in [0.29, 0.717) is 36.9 Å². The van der Waals surface area contributed by atoms with Gasteiger partial charge >= 0.3 is 6.61 Å². The van der Waals surface area contributed by atoms with Crippen LogP contribution in [-0.2, 0) is 16.1 Å². The number of likely N-dealkylation sites (tertiary alicyclic amines) is 1. The number of benzene rings is 1. The zero-order chi connectivity index (χ0) is 25.8. The minimum Gasteiger partial charge on any atom is -0.489 e. The van der Waals surface area contributed by atoms with Crippen LogP contribution in [0.3, 0.4) is 0 Å². The maximum absolute atomic E-state index is 13.0. The first-order chi connectivity index (χ1) is 17.2. The van der Waals surface area contributed by atoms with Gasteiger partial charge in [0.05, 0.1) is 30.6 Å². The van der Waals surface area contributed by atoms with Gasteiger partial charge in [-0.15, -0.1) is 0 Å². The summed E-state index contributed by atoms with van der Waals surface area (Å²) in [6, 6.07) is 9.34. The standard InChI is InChI=1S/C26H31F2N3O5/c1-15(32)21-5-3-4-20(30-21)12-29-25(34)22-10-19(13-31(22)16(2)33)18-8-9-23(36-26(27)28)24(11-18)35-14-17-6-7-17/h3-5,8-9,11,15,17,19,22,26,32H,6-7,10,12-14H2,1-2H3,(H,29,34)/t15?,19?,22-/m1/s1. The number of hydrogen-bond acceptors (Lipinski definition) is 6. The van der Waals surface area contributed by atoms with Crippen LogP contribution in [0.5, 0.6) is 11.5 Å². The van der Waals surface area contributed by atoms with E-state index in [-0.39, 0.29) is 35.8 Å². The molecule has 36 heavy (non-hydrogen) atoms. The predicted molar refractivity (Wildman–Crippen MR) is 127 cm³/mol. The Kier molecular flexibility index (Phi) is 8.03. The van der Waals surface area contributed by atoms with Crippen molar-refractivity contribution < 1.29 is 33.0 Å². The average Bonchev–Trinajstić information content (AvgIpc) is 3.56. The number of carbonyl (C=O) groups is 2. The van der Waals surface area contributed by atoms with Crippen LogP contribution in [0.25, 0.3) is 0 Å². The average molecular weight is 504 g/mol. The highest BCUT2D eigenvalue weighted by Gasteiger charge is 2.39. The molecule has 1 aromatic carbocycles. The van der Waals surface area contributed by atoms with E-state index >= 15 is 0 Å². The topological polar surface area (TPSA) is 101 Å². The van der Waals surface area contributed by atoms with Crippen LogP contribution in [0.15, 0.2) is 36.4 Å². The van der Waals surface area contributed by atoms with E-state index in [4.69, 9.17) is 4.74 Å². The highest BCUT2D eigenvalue weighted by atomic mass is 19.3. The van der Waals surface area contributed by atoms with Gasteiger partial charge in [0.2, 0.25) is 11.8 Å². The van der Waals surface area contributed by atoms with E-state index in [9.17, 15) is 23.5 Å². The number of pyridine rings is 1. The van der Waals surface area contributed by atoms with Gasteiger partial charge in [-0.05, 0) is 61.9 Å². The number of aromatic nitrogens is 1. The molecule has 1 aliphatic heterocycles. The number of ether oxygens (including phenoxy) is 2.